The summed E-state index contributed by atoms with van der Waals surface area (Å²) in [5.74, 6) is -1.16. The van der Waals surface area contributed by atoms with E-state index in [9.17, 15) is 9.59 Å². The van der Waals surface area contributed by atoms with Gasteiger partial charge in [0, 0.05) is 5.69 Å². The fourth-order valence-electron chi connectivity index (χ4n) is 1.90. The van der Waals surface area contributed by atoms with Crippen LogP contribution in [-0.2, 0) is 14.3 Å². The van der Waals surface area contributed by atoms with E-state index in [1.807, 2.05) is 19.9 Å². The van der Waals surface area contributed by atoms with Gasteiger partial charge in [0.2, 0.25) is 0 Å². The lowest BCUT2D eigenvalue weighted by molar-refractivity contribution is -0.144. The van der Waals surface area contributed by atoms with Crippen LogP contribution >= 0.6 is 0 Å². The van der Waals surface area contributed by atoms with Crippen LogP contribution < -0.4 is 0 Å². The van der Waals surface area contributed by atoms with Crippen LogP contribution in [0.2, 0.25) is 0 Å². The van der Waals surface area contributed by atoms with Crippen molar-refractivity contribution in [2.24, 2.45) is 0 Å². The third-order valence-electron chi connectivity index (χ3n) is 2.91. The molecule has 0 fully saturated rings. The summed E-state index contributed by atoms with van der Waals surface area (Å²) in [7, 11) is 1.24. The molecule has 0 aliphatic carbocycles. The standard InChI is InChI=1S/C15H16N2O4/c1-10-8-11(2)17(16-10)13-6-4-12(5-7-13)15(19)21-9-14(18)20-3/h4-8H,9H2,1-3H3. The van der Waals surface area contributed by atoms with Crippen LogP contribution in [0.3, 0.4) is 0 Å². The highest BCUT2D eigenvalue weighted by atomic mass is 16.6. The summed E-state index contributed by atoms with van der Waals surface area (Å²) < 4.78 is 11.0. The Labute approximate surface area is 122 Å². The molecular formula is C15H16N2O4. The Balaban J connectivity index is 2.10. The molecule has 0 aliphatic rings. The Morgan fingerprint density at radius 2 is 1.86 bits per heavy atom. The third-order valence-corrected chi connectivity index (χ3v) is 2.91. The van der Waals surface area contributed by atoms with Crippen molar-refractivity contribution in [3.63, 3.8) is 0 Å². The molecule has 1 aromatic carbocycles. The zero-order valence-corrected chi connectivity index (χ0v) is 12.1. The number of benzene rings is 1. The lowest BCUT2D eigenvalue weighted by atomic mass is 10.2. The number of methoxy groups -OCH3 is 1. The van der Waals surface area contributed by atoms with Crippen LogP contribution in [0, 0.1) is 13.8 Å². The summed E-state index contributed by atoms with van der Waals surface area (Å²) in [6.45, 7) is 3.48. The van der Waals surface area contributed by atoms with Crippen molar-refractivity contribution in [2.75, 3.05) is 13.7 Å². The van der Waals surface area contributed by atoms with Crippen molar-refractivity contribution < 1.29 is 19.1 Å². The molecule has 0 N–H and O–H groups in total. The minimum Gasteiger partial charge on any atom is -0.466 e. The molecule has 6 nitrogen and oxygen atoms in total. The summed E-state index contributed by atoms with van der Waals surface area (Å²) in [6.07, 6.45) is 0. The molecule has 110 valence electrons. The van der Waals surface area contributed by atoms with Gasteiger partial charge < -0.3 is 9.47 Å². The zero-order chi connectivity index (χ0) is 15.4. The monoisotopic (exact) mass is 288 g/mol. The van der Waals surface area contributed by atoms with E-state index in [4.69, 9.17) is 4.74 Å². The zero-order valence-electron chi connectivity index (χ0n) is 12.1. The van der Waals surface area contributed by atoms with Crippen molar-refractivity contribution in [1.29, 1.82) is 0 Å². The summed E-state index contributed by atoms with van der Waals surface area (Å²) in [5.41, 5.74) is 3.15. The molecule has 0 spiro atoms. The highest BCUT2D eigenvalue weighted by molar-refractivity contribution is 5.90. The molecule has 2 rings (SSSR count). The SMILES string of the molecule is COC(=O)COC(=O)c1ccc(-n2nc(C)cc2C)cc1. The smallest absolute Gasteiger partial charge is 0.344 e. The van der Waals surface area contributed by atoms with Gasteiger partial charge in [-0.15, -0.1) is 0 Å². The number of ether oxygens (including phenoxy) is 2. The summed E-state index contributed by atoms with van der Waals surface area (Å²) in [6, 6.07) is 8.78. The Kier molecular flexibility index (Phi) is 4.37. The fourth-order valence-corrected chi connectivity index (χ4v) is 1.90. The van der Waals surface area contributed by atoms with Crippen molar-refractivity contribution >= 4 is 11.9 Å². The molecule has 0 unspecified atom stereocenters. The summed E-state index contributed by atoms with van der Waals surface area (Å²) in [5, 5.41) is 4.36. The fraction of sp³-hybridized carbons (Fsp3) is 0.267. The molecule has 2 aromatic rings. The van der Waals surface area contributed by atoms with E-state index < -0.39 is 18.5 Å². The number of nitrogens with zero attached hydrogens (tertiary/aromatic N) is 2. The maximum Gasteiger partial charge on any atom is 0.344 e. The highest BCUT2D eigenvalue weighted by Crippen LogP contribution is 2.13. The number of esters is 2. The van der Waals surface area contributed by atoms with E-state index in [1.54, 1.807) is 28.9 Å². The van der Waals surface area contributed by atoms with Crippen LogP contribution in [0.15, 0.2) is 30.3 Å². The number of rotatable bonds is 4. The van der Waals surface area contributed by atoms with Crippen LogP contribution in [0.25, 0.3) is 5.69 Å². The van der Waals surface area contributed by atoms with E-state index >= 15 is 0 Å². The minimum absolute atomic E-state index is 0.365. The van der Waals surface area contributed by atoms with Crippen LogP contribution in [0.5, 0.6) is 0 Å². The van der Waals surface area contributed by atoms with E-state index in [1.165, 1.54) is 7.11 Å². The molecule has 0 radical (unpaired) electrons. The quantitative estimate of drug-likeness (QED) is 0.803. The molecule has 0 saturated heterocycles. The summed E-state index contributed by atoms with van der Waals surface area (Å²) >= 11 is 0. The van der Waals surface area contributed by atoms with Crippen molar-refractivity contribution in [1.82, 2.24) is 9.78 Å². The first kappa shape index (κ1) is 14.8. The molecule has 0 amide bonds. The molecule has 6 heteroatoms. The van der Waals surface area contributed by atoms with Crippen LogP contribution in [0.4, 0.5) is 0 Å². The van der Waals surface area contributed by atoms with Gasteiger partial charge >= 0.3 is 11.9 Å². The van der Waals surface area contributed by atoms with Gasteiger partial charge in [-0.25, -0.2) is 14.3 Å². The molecule has 1 aromatic heterocycles. The topological polar surface area (TPSA) is 70.4 Å². The lowest BCUT2D eigenvalue weighted by Gasteiger charge is -2.06. The molecular weight excluding hydrogens is 272 g/mol. The first-order chi connectivity index (χ1) is 10.0. The molecule has 0 aliphatic heterocycles. The maximum atomic E-state index is 11.7. The second kappa shape index (κ2) is 6.21. The van der Waals surface area contributed by atoms with E-state index in [0.29, 0.717) is 5.56 Å². The number of carbonyl (C=O) groups is 2. The van der Waals surface area contributed by atoms with Gasteiger partial charge in [0.05, 0.1) is 24.1 Å². The van der Waals surface area contributed by atoms with Gasteiger partial charge in [0.1, 0.15) is 0 Å². The normalized spacial score (nSPS) is 10.2. The van der Waals surface area contributed by atoms with Gasteiger partial charge in [-0.05, 0) is 44.2 Å². The lowest BCUT2D eigenvalue weighted by Crippen LogP contribution is -2.15. The molecule has 0 saturated carbocycles. The molecule has 1 heterocycles. The first-order valence-corrected chi connectivity index (χ1v) is 6.39. The second-order valence-electron chi connectivity index (χ2n) is 4.54. The molecule has 21 heavy (non-hydrogen) atoms. The second-order valence-corrected chi connectivity index (χ2v) is 4.54. The van der Waals surface area contributed by atoms with E-state index in [0.717, 1.165) is 17.1 Å². The Bertz CT molecular complexity index is 659. The Morgan fingerprint density at radius 1 is 1.19 bits per heavy atom. The maximum absolute atomic E-state index is 11.7. The molecule has 0 bridgehead atoms. The predicted octanol–water partition coefficient (Wildman–Crippen LogP) is 1.82. The average Bonchev–Trinajstić information content (AvgIpc) is 2.83. The molecule has 0 atom stereocenters. The Morgan fingerprint density at radius 3 is 2.38 bits per heavy atom. The largest absolute Gasteiger partial charge is 0.466 e. The Hall–Kier alpha value is -2.63. The van der Waals surface area contributed by atoms with Gasteiger partial charge in [-0.1, -0.05) is 0 Å². The predicted molar refractivity (Wildman–Crippen MR) is 75.3 cm³/mol. The number of aromatic nitrogens is 2. The van der Waals surface area contributed by atoms with Crippen LogP contribution in [-0.4, -0.2) is 35.4 Å². The van der Waals surface area contributed by atoms with Crippen molar-refractivity contribution in [3.8, 4) is 5.69 Å². The number of hydrogen-bond donors (Lipinski definition) is 0. The van der Waals surface area contributed by atoms with E-state index in [-0.39, 0.29) is 0 Å². The van der Waals surface area contributed by atoms with Crippen molar-refractivity contribution in [3.05, 3.63) is 47.3 Å². The minimum atomic E-state index is -0.595. The number of hydrogen-bond acceptors (Lipinski definition) is 5. The first-order valence-electron chi connectivity index (χ1n) is 6.39. The highest BCUT2D eigenvalue weighted by Gasteiger charge is 2.11. The van der Waals surface area contributed by atoms with E-state index in [2.05, 4.69) is 9.84 Å². The van der Waals surface area contributed by atoms with Crippen molar-refractivity contribution in [2.45, 2.75) is 13.8 Å². The van der Waals surface area contributed by atoms with Gasteiger partial charge in [0.25, 0.3) is 0 Å². The average molecular weight is 288 g/mol. The summed E-state index contributed by atoms with van der Waals surface area (Å²) in [4.78, 5) is 22.6. The number of carbonyl (C=O) groups excluding carboxylic acids is 2. The van der Waals surface area contributed by atoms with Gasteiger partial charge in [-0.2, -0.15) is 5.10 Å². The number of aryl methyl sites for hydroxylation is 2. The van der Waals surface area contributed by atoms with Crippen LogP contribution in [0.1, 0.15) is 21.7 Å². The third kappa shape index (κ3) is 3.47. The van der Waals surface area contributed by atoms with Gasteiger partial charge in [-0.3, -0.25) is 0 Å². The van der Waals surface area contributed by atoms with Gasteiger partial charge in [0.15, 0.2) is 6.61 Å².